The molecule has 0 aliphatic heterocycles. The molecule has 5 heteroatoms. The molecule has 0 spiro atoms. The van der Waals surface area contributed by atoms with Crippen molar-refractivity contribution in [2.75, 3.05) is 6.54 Å². The van der Waals surface area contributed by atoms with Crippen LogP contribution in [0.25, 0.3) is 0 Å². The molecule has 1 saturated carbocycles. The van der Waals surface area contributed by atoms with Gasteiger partial charge in [0.1, 0.15) is 11.5 Å². The van der Waals surface area contributed by atoms with E-state index >= 15 is 0 Å². The minimum Gasteiger partial charge on any atom is -0.508 e. The number of rotatable bonds is 3. The molecule has 1 fully saturated rings. The summed E-state index contributed by atoms with van der Waals surface area (Å²) in [5.41, 5.74) is -0.636. The van der Waals surface area contributed by atoms with E-state index in [1.165, 1.54) is 12.1 Å². The SMILES string of the molecule is O=C(NCC1(O)CCCC1)c1cc(O)cc(O)c1. The van der Waals surface area contributed by atoms with E-state index in [1.54, 1.807) is 0 Å². The van der Waals surface area contributed by atoms with E-state index in [9.17, 15) is 20.1 Å². The second-order valence-corrected chi connectivity index (χ2v) is 4.85. The Hall–Kier alpha value is -1.75. The van der Waals surface area contributed by atoms with Gasteiger partial charge < -0.3 is 20.6 Å². The molecule has 98 valence electrons. The van der Waals surface area contributed by atoms with Crippen molar-refractivity contribution < 1.29 is 20.1 Å². The highest BCUT2D eigenvalue weighted by Crippen LogP contribution is 2.28. The molecular formula is C13H17NO4. The maximum absolute atomic E-state index is 11.8. The van der Waals surface area contributed by atoms with Crippen LogP contribution in [0.1, 0.15) is 36.0 Å². The van der Waals surface area contributed by atoms with Crippen LogP contribution in [0.4, 0.5) is 0 Å². The van der Waals surface area contributed by atoms with Crippen molar-refractivity contribution in [3.05, 3.63) is 23.8 Å². The Balaban J connectivity index is 1.99. The molecule has 4 N–H and O–H groups in total. The molecule has 1 amide bonds. The van der Waals surface area contributed by atoms with Gasteiger partial charge in [0.2, 0.25) is 0 Å². The summed E-state index contributed by atoms with van der Waals surface area (Å²) in [6.45, 7) is 0.197. The van der Waals surface area contributed by atoms with Crippen LogP contribution in [-0.4, -0.2) is 33.4 Å². The van der Waals surface area contributed by atoms with Crippen molar-refractivity contribution in [2.45, 2.75) is 31.3 Å². The largest absolute Gasteiger partial charge is 0.508 e. The first-order valence-corrected chi connectivity index (χ1v) is 6.02. The molecule has 0 unspecified atom stereocenters. The molecule has 0 bridgehead atoms. The Morgan fingerprint density at radius 3 is 2.28 bits per heavy atom. The highest BCUT2D eigenvalue weighted by Gasteiger charge is 2.31. The van der Waals surface area contributed by atoms with Crippen LogP contribution in [0.2, 0.25) is 0 Å². The zero-order valence-electron chi connectivity index (χ0n) is 10.0. The molecule has 1 aliphatic carbocycles. The first-order chi connectivity index (χ1) is 8.48. The summed E-state index contributed by atoms with van der Waals surface area (Å²) in [7, 11) is 0. The highest BCUT2D eigenvalue weighted by atomic mass is 16.3. The molecule has 1 aromatic rings. The van der Waals surface area contributed by atoms with Crippen molar-refractivity contribution in [1.29, 1.82) is 0 Å². The van der Waals surface area contributed by atoms with Gasteiger partial charge in [0.25, 0.3) is 5.91 Å². The lowest BCUT2D eigenvalue weighted by atomic mass is 10.0. The van der Waals surface area contributed by atoms with Crippen molar-refractivity contribution >= 4 is 5.91 Å². The van der Waals surface area contributed by atoms with Gasteiger partial charge in [-0.05, 0) is 25.0 Å². The van der Waals surface area contributed by atoms with Gasteiger partial charge in [-0.1, -0.05) is 12.8 Å². The van der Waals surface area contributed by atoms with Crippen LogP contribution in [-0.2, 0) is 0 Å². The molecule has 0 heterocycles. The van der Waals surface area contributed by atoms with Crippen LogP contribution in [0.5, 0.6) is 11.5 Å². The maximum atomic E-state index is 11.8. The Kier molecular flexibility index (Phi) is 3.43. The number of amides is 1. The third-order valence-electron chi connectivity index (χ3n) is 3.28. The van der Waals surface area contributed by atoms with Gasteiger partial charge in [0.05, 0.1) is 5.60 Å². The van der Waals surface area contributed by atoms with Crippen molar-refractivity contribution in [1.82, 2.24) is 5.32 Å². The molecule has 0 aromatic heterocycles. The zero-order chi connectivity index (χ0) is 13.2. The van der Waals surface area contributed by atoms with Gasteiger partial charge in [-0.15, -0.1) is 0 Å². The number of aromatic hydroxyl groups is 2. The van der Waals surface area contributed by atoms with Crippen molar-refractivity contribution in [2.24, 2.45) is 0 Å². The number of aliphatic hydroxyl groups is 1. The van der Waals surface area contributed by atoms with Crippen LogP contribution in [0, 0.1) is 0 Å². The van der Waals surface area contributed by atoms with Crippen molar-refractivity contribution in [3.63, 3.8) is 0 Å². The molecule has 18 heavy (non-hydrogen) atoms. The second kappa shape index (κ2) is 4.86. The Bertz CT molecular complexity index is 432. The van der Waals surface area contributed by atoms with Crippen LogP contribution in [0.15, 0.2) is 18.2 Å². The number of phenolic OH excluding ortho intramolecular Hbond substituents is 2. The number of phenols is 2. The van der Waals surface area contributed by atoms with Crippen molar-refractivity contribution in [3.8, 4) is 11.5 Å². The Morgan fingerprint density at radius 1 is 1.17 bits per heavy atom. The molecule has 0 atom stereocenters. The lowest BCUT2D eigenvalue weighted by molar-refractivity contribution is 0.0449. The fourth-order valence-corrected chi connectivity index (χ4v) is 2.28. The van der Waals surface area contributed by atoms with Gasteiger partial charge in [-0.3, -0.25) is 4.79 Å². The van der Waals surface area contributed by atoms with E-state index < -0.39 is 11.5 Å². The van der Waals surface area contributed by atoms with Crippen LogP contribution in [0.3, 0.4) is 0 Å². The lowest BCUT2D eigenvalue weighted by Crippen LogP contribution is -2.40. The number of benzene rings is 1. The predicted octanol–water partition coefficient (Wildman–Crippen LogP) is 1.13. The average molecular weight is 251 g/mol. The fraction of sp³-hybridized carbons (Fsp3) is 0.462. The highest BCUT2D eigenvalue weighted by molar-refractivity contribution is 5.95. The number of carbonyl (C=O) groups is 1. The number of carbonyl (C=O) groups excluding carboxylic acids is 1. The lowest BCUT2D eigenvalue weighted by Gasteiger charge is -2.22. The monoisotopic (exact) mass is 251 g/mol. The number of hydrogen-bond donors (Lipinski definition) is 4. The van der Waals surface area contributed by atoms with Crippen LogP contribution < -0.4 is 5.32 Å². The number of hydrogen-bond acceptors (Lipinski definition) is 4. The summed E-state index contributed by atoms with van der Waals surface area (Å²) < 4.78 is 0. The van der Waals surface area contributed by atoms with E-state index in [2.05, 4.69) is 5.32 Å². The molecule has 0 saturated heterocycles. The Morgan fingerprint density at radius 2 is 1.72 bits per heavy atom. The summed E-state index contributed by atoms with van der Waals surface area (Å²) in [6.07, 6.45) is 3.33. The van der Waals surface area contributed by atoms with E-state index in [-0.39, 0.29) is 23.6 Å². The third-order valence-corrected chi connectivity index (χ3v) is 3.28. The van der Waals surface area contributed by atoms with E-state index in [4.69, 9.17) is 0 Å². The first-order valence-electron chi connectivity index (χ1n) is 6.02. The molecule has 1 aliphatic rings. The number of nitrogens with one attached hydrogen (secondary N) is 1. The van der Waals surface area contributed by atoms with Gasteiger partial charge in [0, 0.05) is 18.2 Å². The minimum absolute atomic E-state index is 0.167. The van der Waals surface area contributed by atoms with Crippen LogP contribution >= 0.6 is 0 Å². The van der Waals surface area contributed by atoms with Gasteiger partial charge >= 0.3 is 0 Å². The molecule has 1 aromatic carbocycles. The summed E-state index contributed by atoms with van der Waals surface area (Å²) >= 11 is 0. The third kappa shape index (κ3) is 2.92. The summed E-state index contributed by atoms with van der Waals surface area (Å²) in [5.74, 6) is -0.749. The Labute approximate surface area is 105 Å². The van der Waals surface area contributed by atoms with Gasteiger partial charge in [-0.25, -0.2) is 0 Å². The van der Waals surface area contributed by atoms with E-state index in [1.807, 2.05) is 0 Å². The normalized spacial score (nSPS) is 17.6. The summed E-state index contributed by atoms with van der Waals surface area (Å²) in [6, 6.07) is 3.70. The summed E-state index contributed by atoms with van der Waals surface area (Å²) in [4.78, 5) is 11.8. The molecule has 2 rings (SSSR count). The second-order valence-electron chi connectivity index (χ2n) is 4.85. The maximum Gasteiger partial charge on any atom is 0.251 e. The van der Waals surface area contributed by atoms with Gasteiger partial charge in [-0.2, -0.15) is 0 Å². The standard InChI is InChI=1S/C13H17NO4/c15-10-5-9(6-11(16)7-10)12(17)14-8-13(18)3-1-2-4-13/h5-7,15-16,18H,1-4,8H2,(H,14,17). The smallest absolute Gasteiger partial charge is 0.251 e. The zero-order valence-corrected chi connectivity index (χ0v) is 10.0. The van der Waals surface area contributed by atoms with E-state index in [0.29, 0.717) is 12.8 Å². The van der Waals surface area contributed by atoms with E-state index in [0.717, 1.165) is 18.9 Å². The quantitative estimate of drug-likeness (QED) is 0.648. The van der Waals surface area contributed by atoms with Gasteiger partial charge in [0.15, 0.2) is 0 Å². The molecular weight excluding hydrogens is 234 g/mol. The predicted molar refractivity (Wildman–Crippen MR) is 65.5 cm³/mol. The first kappa shape index (κ1) is 12.7. The average Bonchev–Trinajstić information content (AvgIpc) is 2.72. The molecule has 5 nitrogen and oxygen atoms in total. The minimum atomic E-state index is -0.811. The topological polar surface area (TPSA) is 89.8 Å². The fourth-order valence-electron chi connectivity index (χ4n) is 2.28. The molecule has 0 radical (unpaired) electrons. The summed E-state index contributed by atoms with van der Waals surface area (Å²) in [5, 5.41) is 31.3.